The third-order valence-corrected chi connectivity index (χ3v) is 4.41. The molecular weight excluding hydrogens is 240 g/mol. The Hall–Kier alpha value is -1.13. The molecule has 0 aliphatic heterocycles. The molecular formula is C12H12O2S2. The van der Waals surface area contributed by atoms with E-state index in [9.17, 15) is 4.79 Å². The zero-order chi connectivity index (χ0) is 11.5. The zero-order valence-corrected chi connectivity index (χ0v) is 10.8. The fourth-order valence-electron chi connectivity index (χ4n) is 1.43. The smallest absolute Gasteiger partial charge is 0.216 e. The van der Waals surface area contributed by atoms with E-state index in [4.69, 9.17) is 4.74 Å². The number of ketones is 1. The van der Waals surface area contributed by atoms with Crippen LogP contribution in [0.3, 0.4) is 0 Å². The largest absolute Gasteiger partial charge is 0.495 e. The van der Waals surface area contributed by atoms with Gasteiger partial charge >= 0.3 is 0 Å². The third-order valence-electron chi connectivity index (χ3n) is 2.29. The van der Waals surface area contributed by atoms with Gasteiger partial charge in [-0.05, 0) is 30.0 Å². The quantitative estimate of drug-likeness (QED) is 0.777. The Balaban J connectivity index is 2.31. The molecule has 2 aromatic heterocycles. The number of thiophene rings is 2. The summed E-state index contributed by atoms with van der Waals surface area (Å²) in [7, 11) is 1.59. The lowest BCUT2D eigenvalue weighted by Gasteiger charge is -1.99. The van der Waals surface area contributed by atoms with E-state index in [1.54, 1.807) is 18.4 Å². The van der Waals surface area contributed by atoms with Crippen molar-refractivity contribution in [2.75, 3.05) is 7.11 Å². The Morgan fingerprint density at radius 2 is 2.19 bits per heavy atom. The molecule has 2 heterocycles. The predicted octanol–water partition coefficient (Wildman–Crippen LogP) is 3.61. The Morgan fingerprint density at radius 3 is 2.81 bits per heavy atom. The second kappa shape index (κ2) is 4.80. The summed E-state index contributed by atoms with van der Waals surface area (Å²) in [5, 5.41) is 1.88. The molecule has 0 spiro atoms. The average molecular weight is 252 g/mol. The number of ether oxygens (including phenoxy) is 1. The van der Waals surface area contributed by atoms with Crippen LogP contribution in [-0.4, -0.2) is 12.9 Å². The van der Waals surface area contributed by atoms with Gasteiger partial charge in [0.05, 0.1) is 12.0 Å². The van der Waals surface area contributed by atoms with Gasteiger partial charge in [0.25, 0.3) is 0 Å². The lowest BCUT2D eigenvalue weighted by Crippen LogP contribution is -1.97. The van der Waals surface area contributed by atoms with E-state index in [-0.39, 0.29) is 5.78 Å². The lowest BCUT2D eigenvalue weighted by atomic mass is 10.2. The molecule has 0 radical (unpaired) electrons. The topological polar surface area (TPSA) is 26.3 Å². The van der Waals surface area contributed by atoms with Crippen molar-refractivity contribution in [1.29, 1.82) is 0 Å². The van der Waals surface area contributed by atoms with Crippen molar-refractivity contribution in [2.45, 2.75) is 13.3 Å². The SMILES string of the molecule is CCc1ccc(C(=O)c2sccc2OC)s1. The highest BCUT2D eigenvalue weighted by atomic mass is 32.1. The number of hydrogen-bond acceptors (Lipinski definition) is 4. The van der Waals surface area contributed by atoms with Gasteiger partial charge in [-0.15, -0.1) is 22.7 Å². The number of rotatable bonds is 4. The van der Waals surface area contributed by atoms with E-state index in [1.807, 2.05) is 23.6 Å². The van der Waals surface area contributed by atoms with Gasteiger partial charge in [0.1, 0.15) is 10.6 Å². The van der Waals surface area contributed by atoms with Gasteiger partial charge in [-0.25, -0.2) is 0 Å². The van der Waals surface area contributed by atoms with Gasteiger partial charge in [-0.1, -0.05) is 6.92 Å². The van der Waals surface area contributed by atoms with Gasteiger partial charge in [-0.3, -0.25) is 4.79 Å². The van der Waals surface area contributed by atoms with Gasteiger partial charge < -0.3 is 4.74 Å². The first-order chi connectivity index (χ1) is 7.76. The maximum atomic E-state index is 12.2. The molecule has 0 atom stereocenters. The maximum absolute atomic E-state index is 12.2. The summed E-state index contributed by atoms with van der Waals surface area (Å²) in [6, 6.07) is 5.73. The van der Waals surface area contributed by atoms with E-state index < -0.39 is 0 Å². The summed E-state index contributed by atoms with van der Waals surface area (Å²) < 4.78 is 5.16. The predicted molar refractivity (Wildman–Crippen MR) is 68.0 cm³/mol. The van der Waals surface area contributed by atoms with E-state index in [1.165, 1.54) is 16.2 Å². The summed E-state index contributed by atoms with van der Waals surface area (Å²) in [5.74, 6) is 0.734. The Labute approximate surface area is 103 Å². The fraction of sp³-hybridized carbons (Fsp3) is 0.250. The second-order valence-electron chi connectivity index (χ2n) is 3.27. The molecule has 84 valence electrons. The van der Waals surface area contributed by atoms with E-state index >= 15 is 0 Å². The van der Waals surface area contributed by atoms with E-state index in [2.05, 4.69) is 6.92 Å². The molecule has 16 heavy (non-hydrogen) atoms. The van der Waals surface area contributed by atoms with Crippen LogP contribution >= 0.6 is 22.7 Å². The molecule has 0 aromatic carbocycles. The molecule has 0 aliphatic carbocycles. The summed E-state index contributed by atoms with van der Waals surface area (Å²) >= 11 is 2.99. The number of aryl methyl sites for hydroxylation is 1. The van der Waals surface area contributed by atoms with Crippen molar-refractivity contribution >= 4 is 28.5 Å². The van der Waals surface area contributed by atoms with Gasteiger partial charge in [0, 0.05) is 4.88 Å². The second-order valence-corrected chi connectivity index (χ2v) is 5.35. The van der Waals surface area contributed by atoms with Crippen molar-refractivity contribution in [2.24, 2.45) is 0 Å². The van der Waals surface area contributed by atoms with Crippen LogP contribution in [0, 0.1) is 0 Å². The third kappa shape index (κ3) is 2.03. The molecule has 2 aromatic rings. The summed E-state index contributed by atoms with van der Waals surface area (Å²) in [6.07, 6.45) is 0.972. The molecule has 0 aliphatic rings. The number of methoxy groups -OCH3 is 1. The molecule has 0 unspecified atom stereocenters. The standard InChI is InChI=1S/C12H12O2S2/c1-3-8-4-5-10(16-8)11(13)12-9(14-2)6-7-15-12/h4-7H,3H2,1-2H3. The fourth-order valence-corrected chi connectivity index (χ4v) is 3.20. The van der Waals surface area contributed by atoms with Gasteiger partial charge in [0.2, 0.25) is 5.78 Å². The van der Waals surface area contributed by atoms with Crippen LogP contribution in [0.15, 0.2) is 23.6 Å². The van der Waals surface area contributed by atoms with Crippen molar-refractivity contribution in [3.05, 3.63) is 38.2 Å². The van der Waals surface area contributed by atoms with E-state index in [0.717, 1.165) is 11.3 Å². The van der Waals surface area contributed by atoms with Crippen LogP contribution in [0.2, 0.25) is 0 Å². The average Bonchev–Trinajstić information content (AvgIpc) is 2.96. The summed E-state index contributed by atoms with van der Waals surface area (Å²) in [6.45, 7) is 2.09. The van der Waals surface area contributed by atoms with Crippen LogP contribution < -0.4 is 4.74 Å². The van der Waals surface area contributed by atoms with Crippen LogP contribution in [0.4, 0.5) is 0 Å². The Morgan fingerprint density at radius 1 is 1.38 bits per heavy atom. The van der Waals surface area contributed by atoms with Crippen LogP contribution in [-0.2, 0) is 6.42 Å². The molecule has 0 amide bonds. The minimum absolute atomic E-state index is 0.0663. The number of hydrogen-bond donors (Lipinski definition) is 0. The van der Waals surface area contributed by atoms with Crippen molar-refractivity contribution in [3.8, 4) is 5.75 Å². The maximum Gasteiger partial charge on any atom is 0.216 e. The lowest BCUT2D eigenvalue weighted by molar-refractivity contribution is 0.104. The van der Waals surface area contributed by atoms with Crippen LogP contribution in [0.5, 0.6) is 5.75 Å². The first-order valence-corrected chi connectivity index (χ1v) is 6.70. The Bertz CT molecular complexity index is 497. The van der Waals surface area contributed by atoms with E-state index in [0.29, 0.717) is 10.6 Å². The van der Waals surface area contributed by atoms with Crippen LogP contribution in [0.1, 0.15) is 26.3 Å². The molecule has 2 nitrogen and oxygen atoms in total. The normalized spacial score (nSPS) is 10.4. The molecule has 0 saturated carbocycles. The first kappa shape index (κ1) is 11.4. The van der Waals surface area contributed by atoms with Crippen molar-refractivity contribution in [1.82, 2.24) is 0 Å². The van der Waals surface area contributed by atoms with Gasteiger partial charge in [0.15, 0.2) is 0 Å². The number of carbonyl (C=O) groups is 1. The van der Waals surface area contributed by atoms with Crippen molar-refractivity contribution < 1.29 is 9.53 Å². The molecule has 2 rings (SSSR count). The monoisotopic (exact) mass is 252 g/mol. The molecule has 4 heteroatoms. The summed E-state index contributed by atoms with van der Waals surface area (Å²) in [4.78, 5) is 14.9. The molecule has 0 fully saturated rings. The zero-order valence-electron chi connectivity index (χ0n) is 9.15. The Kier molecular flexibility index (Phi) is 3.41. The number of carbonyl (C=O) groups excluding carboxylic acids is 1. The van der Waals surface area contributed by atoms with Crippen molar-refractivity contribution in [3.63, 3.8) is 0 Å². The molecule has 0 bridgehead atoms. The summed E-state index contributed by atoms with van der Waals surface area (Å²) in [5.41, 5.74) is 0. The minimum atomic E-state index is 0.0663. The first-order valence-electron chi connectivity index (χ1n) is 5.01. The van der Waals surface area contributed by atoms with Gasteiger partial charge in [-0.2, -0.15) is 0 Å². The molecule has 0 N–H and O–H groups in total. The highest BCUT2D eigenvalue weighted by Gasteiger charge is 2.17. The molecule has 0 saturated heterocycles. The highest BCUT2D eigenvalue weighted by molar-refractivity contribution is 7.17. The van der Waals surface area contributed by atoms with Crippen LogP contribution in [0.25, 0.3) is 0 Å². The highest BCUT2D eigenvalue weighted by Crippen LogP contribution is 2.29. The minimum Gasteiger partial charge on any atom is -0.495 e.